The largest absolute Gasteiger partial charge is 0.507 e. The van der Waals surface area contributed by atoms with Crippen molar-refractivity contribution in [2.75, 3.05) is 0 Å². The first-order chi connectivity index (χ1) is 35.1. The lowest BCUT2D eigenvalue weighted by atomic mass is 9.86. The van der Waals surface area contributed by atoms with Crippen LogP contribution in [0.2, 0.25) is 0 Å². The van der Waals surface area contributed by atoms with Gasteiger partial charge in [0.15, 0.2) is 0 Å². The number of aromatic nitrogens is 3. The predicted octanol–water partition coefficient (Wildman–Crippen LogP) is 15.2. The molecule has 0 spiro atoms. The summed E-state index contributed by atoms with van der Waals surface area (Å²) in [4.78, 5) is 10.1. The molecule has 0 aliphatic carbocycles. The molecule has 300 valence electrons. The number of hydrogen-bond donors (Lipinski definition) is 1. The zero-order valence-corrected chi connectivity index (χ0v) is 34.1. The minimum Gasteiger partial charge on any atom is -0.507 e. The van der Waals surface area contributed by atoms with Gasteiger partial charge in [-0.2, -0.15) is 0 Å². The molecule has 0 saturated carbocycles. The maximum atomic E-state index is 11.8. The zero-order valence-electron chi connectivity index (χ0n) is 48.1. The molecule has 0 radical (unpaired) electrons. The third kappa shape index (κ3) is 7.78. The van der Waals surface area contributed by atoms with Crippen molar-refractivity contribution in [3.8, 4) is 78.6 Å². The predicted molar refractivity (Wildman–Crippen MR) is 255 cm³/mol. The molecule has 61 heavy (non-hydrogen) atoms. The van der Waals surface area contributed by atoms with Crippen molar-refractivity contribution < 1.29 is 24.3 Å². The number of aromatic hydroxyl groups is 1. The van der Waals surface area contributed by atoms with Crippen molar-refractivity contribution in [1.82, 2.24) is 14.5 Å². The molecule has 0 amide bonds. The first-order valence-corrected chi connectivity index (χ1v) is 20.0. The number of imidazole rings is 1. The van der Waals surface area contributed by atoms with E-state index < -0.39 is 61.6 Å². The van der Waals surface area contributed by atoms with Gasteiger partial charge >= 0.3 is 0 Å². The highest BCUT2D eigenvalue weighted by Gasteiger charge is 2.23. The van der Waals surface area contributed by atoms with Crippen LogP contribution in [-0.2, 0) is 5.41 Å². The fourth-order valence-corrected chi connectivity index (χ4v) is 7.85. The molecule has 0 bridgehead atoms. The number of nitrogens with zero attached hydrogens (tertiary/aromatic N) is 3. The van der Waals surface area contributed by atoms with Crippen LogP contribution in [0.25, 0.3) is 83.9 Å². The van der Waals surface area contributed by atoms with E-state index in [9.17, 15) is 6.48 Å². The van der Waals surface area contributed by atoms with Gasteiger partial charge in [0.1, 0.15) is 11.6 Å². The first kappa shape index (κ1) is 26.2. The molecule has 4 nitrogen and oxygen atoms in total. The van der Waals surface area contributed by atoms with Crippen molar-refractivity contribution in [2.45, 2.75) is 59.6 Å². The molecule has 4 heteroatoms. The van der Waals surface area contributed by atoms with E-state index in [-0.39, 0.29) is 16.9 Å². The van der Waals surface area contributed by atoms with Gasteiger partial charge in [-0.05, 0) is 141 Å². The quantitative estimate of drug-likeness (QED) is 0.166. The van der Waals surface area contributed by atoms with Gasteiger partial charge in [0.05, 0.1) is 27.8 Å². The fourth-order valence-electron chi connectivity index (χ4n) is 7.85. The molecule has 9 aromatic rings. The van der Waals surface area contributed by atoms with Crippen LogP contribution in [0.1, 0.15) is 81.7 Å². The molecule has 7 aromatic carbocycles. The normalized spacial score (nSPS) is 15.9. The number of fused-ring (bicyclic) bond motifs is 1. The van der Waals surface area contributed by atoms with Gasteiger partial charge in [-0.15, -0.1) is 0 Å². The lowest BCUT2D eigenvalue weighted by Gasteiger charge is -2.19. The Labute approximate surface area is 379 Å². The number of phenolic OH excluding ortho intramolecular Hbond substituents is 1. The molecule has 9 rings (SSSR count). The Morgan fingerprint density at radius 2 is 1.30 bits per heavy atom. The van der Waals surface area contributed by atoms with Gasteiger partial charge in [0.25, 0.3) is 0 Å². The van der Waals surface area contributed by atoms with Gasteiger partial charge in [0, 0.05) is 36.7 Å². The molecule has 2 aromatic heterocycles. The lowest BCUT2D eigenvalue weighted by molar-refractivity contribution is 0.472. The second kappa shape index (κ2) is 15.9. The third-order valence-electron chi connectivity index (χ3n) is 10.9. The van der Waals surface area contributed by atoms with Gasteiger partial charge in [0.2, 0.25) is 0 Å². The molecule has 0 unspecified atom stereocenters. The number of hydrogen-bond acceptors (Lipinski definition) is 3. The van der Waals surface area contributed by atoms with Crippen LogP contribution in [0.5, 0.6) is 5.75 Å². The van der Waals surface area contributed by atoms with Gasteiger partial charge in [-0.25, -0.2) is 4.98 Å². The van der Waals surface area contributed by atoms with E-state index in [0.717, 1.165) is 39.1 Å². The van der Waals surface area contributed by atoms with Crippen LogP contribution >= 0.6 is 0 Å². The molecular weight excluding hydrogens is 743 g/mol. The first-order valence-electron chi connectivity index (χ1n) is 27.0. The van der Waals surface area contributed by atoms with Gasteiger partial charge in [-0.1, -0.05) is 144 Å². The number of benzene rings is 7. The summed E-state index contributed by atoms with van der Waals surface area (Å²) in [7, 11) is 0. The van der Waals surface area contributed by atoms with Crippen LogP contribution in [-0.4, -0.2) is 19.6 Å². The molecule has 0 saturated heterocycles. The lowest BCUT2D eigenvalue weighted by Crippen LogP contribution is -2.10. The van der Waals surface area contributed by atoms with Crippen molar-refractivity contribution >= 4 is 11.0 Å². The van der Waals surface area contributed by atoms with Crippen molar-refractivity contribution in [3.05, 3.63) is 192 Å². The Balaban J connectivity index is 1.29. The van der Waals surface area contributed by atoms with Gasteiger partial charge < -0.3 is 5.11 Å². The highest BCUT2D eigenvalue weighted by molar-refractivity contribution is 5.98. The fraction of sp³-hybridized carbons (Fsp3) is 0.158. The maximum Gasteiger partial charge on any atom is 0.149 e. The smallest absolute Gasteiger partial charge is 0.149 e. The van der Waals surface area contributed by atoms with E-state index in [1.807, 2.05) is 154 Å². The highest BCUT2D eigenvalue weighted by atomic mass is 16.3. The summed E-state index contributed by atoms with van der Waals surface area (Å²) in [6.07, 6.45) is 1.41. The molecular formula is C57H51N3O. The molecule has 0 aliphatic heterocycles. The van der Waals surface area contributed by atoms with Crippen LogP contribution in [0.4, 0.5) is 0 Å². The topological polar surface area (TPSA) is 50.9 Å². The van der Waals surface area contributed by atoms with Crippen LogP contribution in [0, 0.1) is 13.8 Å². The van der Waals surface area contributed by atoms with Crippen molar-refractivity contribution in [3.63, 3.8) is 0 Å². The number of pyridine rings is 1. The number of rotatable bonds is 8. The summed E-state index contributed by atoms with van der Waals surface area (Å²) in [6.45, 7) is -3.97. The van der Waals surface area contributed by atoms with E-state index >= 15 is 0 Å². The summed E-state index contributed by atoms with van der Waals surface area (Å²) in [5.74, 6) is -0.454. The Bertz CT molecular complexity index is 3620. The molecule has 0 atom stereocenters. The van der Waals surface area contributed by atoms with Crippen molar-refractivity contribution in [1.29, 1.82) is 0 Å². The third-order valence-corrected chi connectivity index (χ3v) is 10.9. The summed E-state index contributed by atoms with van der Waals surface area (Å²) < 4.78 is 122. The summed E-state index contributed by atoms with van der Waals surface area (Å²) in [6, 6.07) is 40.2. The SMILES string of the molecule is [2H]c1c([2H])c(C(C([2H])([2H])[2H])(C([2H])([2H])[2H])C([2H])([2H])[2H])c([2H])c([2H])c1-c1ccnc(-c2cc(-c3ccccc3)cc(-c3cccc4c3nc(-c3cc(C)cc(C)c3O)n4-c3cc(-c4ccccc4)cc(C([2H])(C)C)c3)c2)c1. The monoisotopic (exact) mass is 807 g/mol. The van der Waals surface area contributed by atoms with Gasteiger partial charge in [-0.3, -0.25) is 9.55 Å². The summed E-state index contributed by atoms with van der Waals surface area (Å²) in [5.41, 5.74) is 5.46. The molecule has 0 aliphatic rings. The minimum absolute atomic E-state index is 0.0702. The Kier molecular flexibility index (Phi) is 6.82. The number of aryl methyl sites for hydroxylation is 2. The van der Waals surface area contributed by atoms with E-state index in [4.69, 9.17) is 27.8 Å². The standard InChI is InChI=1S/C57H51N3O/c1-36(2)43-29-45(40-17-12-9-13-18-40)34-49(33-43)60-53-20-14-19-50(54(53)59-56(60)51-28-37(3)27-38(4)55(51)61)46-30-44(39-15-10-8-11-16-39)31-47(32-46)52-35-42(25-26-58-52)41-21-23-48(24-22-41)57(5,6)7/h8-36,61H,1-7H3/i5D3,6D3,7D3,21D,22D,23D,24D,36D. The molecule has 2 heterocycles. The van der Waals surface area contributed by atoms with Crippen LogP contribution < -0.4 is 0 Å². The summed E-state index contributed by atoms with van der Waals surface area (Å²) in [5, 5.41) is 11.8. The second-order valence-electron chi connectivity index (χ2n) is 15.7. The van der Waals surface area contributed by atoms with E-state index in [0.29, 0.717) is 50.4 Å². The summed E-state index contributed by atoms with van der Waals surface area (Å²) >= 11 is 0. The van der Waals surface area contributed by atoms with E-state index in [2.05, 4.69) is 6.07 Å². The minimum atomic E-state index is -3.82. The molecule has 1 N–H and O–H groups in total. The maximum absolute atomic E-state index is 11.8. The van der Waals surface area contributed by atoms with E-state index in [1.165, 1.54) is 12.3 Å². The van der Waals surface area contributed by atoms with Crippen LogP contribution in [0.15, 0.2) is 170 Å². The average molecular weight is 808 g/mol. The average Bonchev–Trinajstić information content (AvgIpc) is 3.76. The number of para-hydroxylation sites is 1. The highest BCUT2D eigenvalue weighted by Crippen LogP contribution is 2.42. The van der Waals surface area contributed by atoms with E-state index in [1.54, 1.807) is 6.07 Å². The Hall–Kier alpha value is -7.04. The van der Waals surface area contributed by atoms with Crippen LogP contribution in [0.3, 0.4) is 0 Å². The Morgan fingerprint density at radius 1 is 0.623 bits per heavy atom. The van der Waals surface area contributed by atoms with Crippen molar-refractivity contribution in [2.24, 2.45) is 0 Å². The second-order valence-corrected chi connectivity index (χ2v) is 15.7. The Morgan fingerprint density at radius 3 is 1.98 bits per heavy atom. The number of phenols is 1. The zero-order chi connectivity index (χ0) is 54.3. The molecule has 0 fully saturated rings.